The summed E-state index contributed by atoms with van der Waals surface area (Å²) in [6.07, 6.45) is 23.5. The number of para-hydroxylation sites is 2. The number of fused-ring (bicyclic) bond motifs is 3. The normalized spacial score (nSPS) is 19.5. The van der Waals surface area contributed by atoms with Gasteiger partial charge in [-0.15, -0.1) is 0 Å². The molecule has 0 fully saturated rings. The molecule has 0 saturated carbocycles. The van der Waals surface area contributed by atoms with Gasteiger partial charge < -0.3 is 9.80 Å². The molecular weight excluding hydrogens is 701 g/mol. The van der Waals surface area contributed by atoms with E-state index in [0.717, 1.165) is 38.5 Å². The smallest absolute Gasteiger partial charge is 0.0694 e. The van der Waals surface area contributed by atoms with E-state index in [1.165, 1.54) is 61.4 Å². The first kappa shape index (κ1) is 39.5. The van der Waals surface area contributed by atoms with Gasteiger partial charge in [-0.2, -0.15) is 0 Å². The molecule has 58 heavy (non-hydrogen) atoms. The second-order valence-corrected chi connectivity index (χ2v) is 17.7. The Labute approximate surface area is 349 Å². The lowest BCUT2D eigenvalue weighted by molar-refractivity contribution is 0.309. The molecule has 3 aliphatic rings. The zero-order valence-corrected chi connectivity index (χ0v) is 35.9. The van der Waals surface area contributed by atoms with Crippen LogP contribution in [0.5, 0.6) is 0 Å². The second kappa shape index (κ2) is 16.1. The van der Waals surface area contributed by atoms with Gasteiger partial charge in [-0.25, -0.2) is 0 Å². The Hall–Kier alpha value is -5.34. The maximum atomic E-state index is 2.68. The van der Waals surface area contributed by atoms with E-state index in [9.17, 15) is 0 Å². The lowest BCUT2D eigenvalue weighted by Gasteiger charge is -2.48. The van der Waals surface area contributed by atoms with Crippen molar-refractivity contribution in [3.05, 3.63) is 186 Å². The Morgan fingerprint density at radius 2 is 1.33 bits per heavy atom. The molecule has 3 aliphatic carbocycles. The molecule has 0 heterocycles. The van der Waals surface area contributed by atoms with Crippen LogP contribution in [-0.4, -0.2) is 11.1 Å². The van der Waals surface area contributed by atoms with E-state index in [-0.39, 0.29) is 16.5 Å². The number of allylic oxidation sites excluding steroid dienone is 6. The fourth-order valence-electron chi connectivity index (χ4n) is 10.4. The minimum Gasteiger partial charge on any atom is -0.335 e. The number of aryl methyl sites for hydroxylation is 1. The quantitative estimate of drug-likeness (QED) is 0.118. The van der Waals surface area contributed by atoms with E-state index in [0.29, 0.717) is 11.8 Å². The predicted molar refractivity (Wildman–Crippen MR) is 251 cm³/mol. The summed E-state index contributed by atoms with van der Waals surface area (Å²) in [4.78, 5) is 5.24. The van der Waals surface area contributed by atoms with Crippen LogP contribution in [0.25, 0.3) is 16.8 Å². The van der Waals surface area contributed by atoms with Crippen molar-refractivity contribution < 1.29 is 0 Å². The third-order valence-corrected chi connectivity index (χ3v) is 14.4. The molecule has 3 atom stereocenters. The first-order valence-electron chi connectivity index (χ1n) is 21.9. The van der Waals surface area contributed by atoms with Gasteiger partial charge in [0.1, 0.15) is 0 Å². The van der Waals surface area contributed by atoms with Crippen molar-refractivity contribution in [3.8, 4) is 0 Å². The molecule has 0 amide bonds. The largest absolute Gasteiger partial charge is 0.335 e. The monoisotopic (exact) mass is 762 g/mol. The molecule has 0 aromatic heterocycles. The summed E-state index contributed by atoms with van der Waals surface area (Å²) in [5.74, 6) is 0.721. The zero-order chi connectivity index (χ0) is 40.5. The number of anilines is 4. The summed E-state index contributed by atoms with van der Waals surface area (Å²) >= 11 is 0. The standard InChI is InChI=1S/C56H62N2/c1-8-55(7,57(47-26-13-11-14-27-47)49-34-31-42-22-17-19-24-44(42)38-49)37-21-30-51-41(4)54(5,6)53-40-46(33-36-52(51)53)56(9-2,10-3)58(48-28-15-12-16-29-48)50-35-32-43-23-18-20-25-45(43)39-50/h11-16,18-21,23-36,38-40,52-53H,8-10,17,22,37H2,1-7H3/b30-21-. The van der Waals surface area contributed by atoms with Crippen molar-refractivity contribution in [2.24, 2.45) is 17.3 Å². The number of hydrogen-bond acceptors (Lipinski definition) is 2. The van der Waals surface area contributed by atoms with E-state index >= 15 is 0 Å². The third-order valence-electron chi connectivity index (χ3n) is 14.4. The van der Waals surface area contributed by atoms with Crippen LogP contribution >= 0.6 is 0 Å². The maximum absolute atomic E-state index is 2.68. The van der Waals surface area contributed by atoms with Crippen molar-refractivity contribution in [2.45, 2.75) is 98.1 Å². The summed E-state index contributed by atoms with van der Waals surface area (Å²) in [5.41, 5.74) is 11.9. The average molecular weight is 763 g/mol. The van der Waals surface area contributed by atoms with E-state index in [4.69, 9.17) is 0 Å². The van der Waals surface area contributed by atoms with E-state index in [1.807, 2.05) is 0 Å². The fourth-order valence-corrected chi connectivity index (χ4v) is 10.4. The average Bonchev–Trinajstić information content (AvgIpc) is 3.45. The SMILES string of the molecule is CCC(C)(C/C=C\C1=C(C)C(C)(C)C2C=C(C(CC)(CC)N(c3ccccc3)c3ccc4ccccc4c3)C=CC12)N(c1ccccc1)c1ccc2c(c1)C=CCC2. The van der Waals surface area contributed by atoms with Gasteiger partial charge in [-0.1, -0.05) is 156 Å². The van der Waals surface area contributed by atoms with Crippen LogP contribution in [0.4, 0.5) is 22.7 Å². The lowest BCUT2D eigenvalue weighted by atomic mass is 9.68. The van der Waals surface area contributed by atoms with Crippen molar-refractivity contribution in [2.75, 3.05) is 9.80 Å². The summed E-state index contributed by atoms with van der Waals surface area (Å²) in [6, 6.07) is 44.9. The summed E-state index contributed by atoms with van der Waals surface area (Å²) in [5, 5.41) is 2.55. The minimum atomic E-state index is -0.218. The fraction of sp³-hybridized carbons (Fsp3) is 0.321. The molecule has 2 nitrogen and oxygen atoms in total. The van der Waals surface area contributed by atoms with Crippen LogP contribution in [-0.2, 0) is 6.42 Å². The van der Waals surface area contributed by atoms with Gasteiger partial charge >= 0.3 is 0 Å². The van der Waals surface area contributed by atoms with Crippen LogP contribution in [0.2, 0.25) is 0 Å². The molecule has 0 N–H and O–H groups in total. The molecule has 0 bridgehead atoms. The van der Waals surface area contributed by atoms with Crippen LogP contribution in [0.3, 0.4) is 0 Å². The lowest BCUT2D eigenvalue weighted by Crippen LogP contribution is -2.47. The van der Waals surface area contributed by atoms with Crippen molar-refractivity contribution >= 4 is 39.6 Å². The number of rotatable bonds is 13. The van der Waals surface area contributed by atoms with Crippen LogP contribution < -0.4 is 9.80 Å². The van der Waals surface area contributed by atoms with Gasteiger partial charge in [0.05, 0.1) is 5.54 Å². The zero-order valence-electron chi connectivity index (χ0n) is 35.9. The Morgan fingerprint density at radius 1 is 0.690 bits per heavy atom. The van der Waals surface area contributed by atoms with Gasteiger partial charge in [0.15, 0.2) is 0 Å². The molecule has 0 spiro atoms. The van der Waals surface area contributed by atoms with Crippen molar-refractivity contribution in [3.63, 3.8) is 0 Å². The van der Waals surface area contributed by atoms with E-state index in [2.05, 4.69) is 222 Å². The highest BCUT2D eigenvalue weighted by Crippen LogP contribution is 2.56. The first-order valence-corrected chi connectivity index (χ1v) is 21.9. The molecular formula is C56H62N2. The summed E-state index contributed by atoms with van der Waals surface area (Å²) in [7, 11) is 0. The van der Waals surface area contributed by atoms with Gasteiger partial charge in [0.2, 0.25) is 0 Å². The highest BCUT2D eigenvalue weighted by Gasteiger charge is 2.47. The van der Waals surface area contributed by atoms with Crippen LogP contribution in [0.1, 0.15) is 91.7 Å². The highest BCUT2D eigenvalue weighted by atomic mass is 15.2. The summed E-state index contributed by atoms with van der Waals surface area (Å²) in [6.45, 7) is 16.9. The molecule has 0 aliphatic heterocycles. The number of hydrogen-bond donors (Lipinski definition) is 0. The number of nitrogens with zero attached hydrogens (tertiary/aromatic N) is 2. The molecule has 3 unspecified atom stereocenters. The van der Waals surface area contributed by atoms with Crippen LogP contribution in [0.15, 0.2) is 175 Å². The number of benzene rings is 5. The van der Waals surface area contributed by atoms with E-state index in [1.54, 1.807) is 0 Å². The molecule has 296 valence electrons. The Kier molecular flexibility index (Phi) is 11.0. The van der Waals surface area contributed by atoms with Crippen molar-refractivity contribution in [1.82, 2.24) is 0 Å². The van der Waals surface area contributed by atoms with Gasteiger partial charge in [0, 0.05) is 34.2 Å². The molecule has 0 radical (unpaired) electrons. The molecule has 2 heteroatoms. The molecule has 0 saturated heterocycles. The molecule has 8 rings (SSSR count). The third kappa shape index (κ3) is 6.99. The van der Waals surface area contributed by atoms with Gasteiger partial charge in [-0.05, 0) is 145 Å². The second-order valence-electron chi connectivity index (χ2n) is 17.7. The van der Waals surface area contributed by atoms with E-state index < -0.39 is 0 Å². The van der Waals surface area contributed by atoms with Gasteiger partial charge in [0.25, 0.3) is 0 Å². The predicted octanol–water partition coefficient (Wildman–Crippen LogP) is 15.5. The highest BCUT2D eigenvalue weighted by molar-refractivity contribution is 5.87. The Morgan fingerprint density at radius 3 is 2.02 bits per heavy atom. The first-order chi connectivity index (χ1) is 28.1. The Balaban J connectivity index is 1.12. The Bertz CT molecular complexity index is 2400. The molecule has 5 aromatic carbocycles. The topological polar surface area (TPSA) is 6.48 Å². The minimum absolute atomic E-state index is 0.0227. The molecule has 5 aromatic rings. The maximum Gasteiger partial charge on any atom is 0.0694 e. The van der Waals surface area contributed by atoms with Crippen LogP contribution in [0, 0.1) is 17.3 Å². The van der Waals surface area contributed by atoms with Gasteiger partial charge in [-0.3, -0.25) is 0 Å². The van der Waals surface area contributed by atoms with Crippen molar-refractivity contribution in [1.29, 1.82) is 0 Å². The summed E-state index contributed by atoms with van der Waals surface area (Å²) < 4.78 is 0.